The van der Waals surface area contributed by atoms with Crippen molar-refractivity contribution < 1.29 is 17.2 Å². The number of pyridine rings is 1. The van der Waals surface area contributed by atoms with Gasteiger partial charge in [0.05, 0.1) is 10.7 Å². The number of aromatic nitrogens is 1. The number of nitrogens with zero attached hydrogens (tertiary/aromatic N) is 1. The molecule has 0 saturated heterocycles. The number of nitrogens with one attached hydrogen (secondary N) is 2. The van der Waals surface area contributed by atoms with E-state index in [4.69, 9.17) is 23.1 Å². The van der Waals surface area contributed by atoms with Crippen molar-refractivity contribution in [1.82, 2.24) is 4.98 Å². The van der Waals surface area contributed by atoms with Crippen molar-refractivity contribution in [2.75, 3.05) is 16.6 Å². The molecule has 1 heterocycles. The summed E-state index contributed by atoms with van der Waals surface area (Å²) < 4.78 is 55.0. The zero-order valence-corrected chi connectivity index (χ0v) is 18.6. The number of hydrogen-bond donors (Lipinski definition) is 4. The molecule has 6 N–H and O–H groups in total. The molecular formula is C20H26ClF2N5O2S. The molecule has 170 valence electrons. The fraction of sp³-hybridized carbons (Fsp3) is 0.450. The normalized spacial score (nSPS) is 17.5. The zero-order valence-electron chi connectivity index (χ0n) is 17.0. The van der Waals surface area contributed by atoms with Crippen LogP contribution in [0.1, 0.15) is 32.6 Å². The Bertz CT molecular complexity index is 1050. The van der Waals surface area contributed by atoms with Crippen LogP contribution in [0.5, 0.6) is 0 Å². The zero-order chi connectivity index (χ0) is 22.8. The van der Waals surface area contributed by atoms with Crippen molar-refractivity contribution in [2.45, 2.75) is 49.1 Å². The summed E-state index contributed by atoms with van der Waals surface area (Å²) in [5, 5.41) is 3.07. The van der Waals surface area contributed by atoms with E-state index in [1.165, 1.54) is 12.1 Å². The van der Waals surface area contributed by atoms with Crippen LogP contribution < -0.4 is 21.5 Å². The van der Waals surface area contributed by atoms with E-state index < -0.39 is 26.7 Å². The van der Waals surface area contributed by atoms with Crippen LogP contribution in [0.4, 0.5) is 20.3 Å². The largest absolute Gasteiger partial charge is 0.383 e. The van der Waals surface area contributed by atoms with E-state index in [0.717, 1.165) is 43.9 Å². The number of benzene rings is 1. The first kappa shape index (κ1) is 23.6. The molecule has 0 aliphatic heterocycles. The van der Waals surface area contributed by atoms with Crippen molar-refractivity contribution in [3.8, 4) is 0 Å². The topological polar surface area (TPSA) is 123 Å². The third kappa shape index (κ3) is 5.82. The second kappa shape index (κ2) is 9.23. The van der Waals surface area contributed by atoms with Crippen molar-refractivity contribution in [3.05, 3.63) is 47.1 Å². The summed E-state index contributed by atoms with van der Waals surface area (Å²) in [5.74, 6) is -2.12. The van der Waals surface area contributed by atoms with E-state index >= 15 is 0 Å². The quantitative estimate of drug-likeness (QED) is 0.413. The number of anilines is 2. The van der Waals surface area contributed by atoms with Gasteiger partial charge in [-0.15, -0.1) is 0 Å². The molecular weight excluding hydrogens is 448 g/mol. The van der Waals surface area contributed by atoms with Crippen LogP contribution in [0.25, 0.3) is 0 Å². The lowest BCUT2D eigenvalue weighted by atomic mass is 9.71. The monoisotopic (exact) mass is 473 g/mol. The van der Waals surface area contributed by atoms with Gasteiger partial charge >= 0.3 is 0 Å². The molecule has 2 aromatic rings. The van der Waals surface area contributed by atoms with Crippen LogP contribution in [0.15, 0.2) is 35.2 Å². The summed E-state index contributed by atoms with van der Waals surface area (Å²) >= 11 is 6.22. The lowest BCUT2D eigenvalue weighted by molar-refractivity contribution is 0.189. The van der Waals surface area contributed by atoms with Crippen LogP contribution in [0, 0.1) is 17.7 Å². The van der Waals surface area contributed by atoms with Crippen molar-refractivity contribution in [3.63, 3.8) is 0 Å². The van der Waals surface area contributed by atoms with Crippen LogP contribution in [-0.2, 0) is 10.0 Å². The third-order valence-corrected chi connectivity index (χ3v) is 7.26. The van der Waals surface area contributed by atoms with Crippen LogP contribution in [0.2, 0.25) is 5.02 Å². The minimum Gasteiger partial charge on any atom is -0.383 e. The maximum Gasteiger partial charge on any atom is 0.266 e. The molecule has 11 heteroatoms. The molecule has 31 heavy (non-hydrogen) atoms. The Kier molecular flexibility index (Phi) is 7.04. The predicted octanol–water partition coefficient (Wildman–Crippen LogP) is 3.46. The van der Waals surface area contributed by atoms with Gasteiger partial charge < -0.3 is 16.8 Å². The van der Waals surface area contributed by atoms with Crippen molar-refractivity contribution in [1.29, 1.82) is 0 Å². The van der Waals surface area contributed by atoms with Gasteiger partial charge in [0.2, 0.25) is 5.95 Å². The fourth-order valence-corrected chi connectivity index (χ4v) is 4.95. The first-order valence-electron chi connectivity index (χ1n) is 9.92. The molecule has 1 aromatic carbocycles. The first-order chi connectivity index (χ1) is 14.5. The van der Waals surface area contributed by atoms with E-state index in [2.05, 4.69) is 10.3 Å². The first-order valence-corrected chi connectivity index (χ1v) is 11.8. The van der Waals surface area contributed by atoms with Gasteiger partial charge in [0.1, 0.15) is 16.5 Å². The molecule has 1 aliphatic carbocycles. The minimum absolute atomic E-state index is 0.0171. The predicted molar refractivity (Wildman–Crippen MR) is 117 cm³/mol. The summed E-state index contributed by atoms with van der Waals surface area (Å²) in [7, 11) is -4.37. The van der Waals surface area contributed by atoms with Gasteiger partial charge in [-0.05, 0) is 62.8 Å². The number of sulfonamides is 1. The summed E-state index contributed by atoms with van der Waals surface area (Å²) in [4.78, 5) is 2.74. The molecule has 1 aromatic heterocycles. The van der Waals surface area contributed by atoms with Crippen molar-refractivity contribution >= 4 is 33.1 Å². The highest BCUT2D eigenvalue weighted by atomic mass is 35.5. The summed E-state index contributed by atoms with van der Waals surface area (Å²) in [6.45, 7) is 2.30. The lowest BCUT2D eigenvalue weighted by Crippen LogP contribution is -2.50. The summed E-state index contributed by atoms with van der Waals surface area (Å²) in [6, 6.07) is 5.45. The highest BCUT2D eigenvalue weighted by Crippen LogP contribution is 2.36. The summed E-state index contributed by atoms with van der Waals surface area (Å²) in [6.07, 6.45) is 3.73. The van der Waals surface area contributed by atoms with E-state index in [9.17, 15) is 17.2 Å². The molecule has 0 bridgehead atoms. The van der Waals surface area contributed by atoms with Crippen LogP contribution in [-0.4, -0.2) is 31.5 Å². The molecule has 0 amide bonds. The molecule has 1 fully saturated rings. The number of rotatable bonds is 9. The molecule has 0 spiro atoms. The third-order valence-electron chi connectivity index (χ3n) is 5.58. The number of hydrogen-bond acceptors (Lipinski definition) is 6. The van der Waals surface area contributed by atoms with Crippen LogP contribution >= 0.6 is 11.6 Å². The maximum absolute atomic E-state index is 14.7. The molecule has 7 nitrogen and oxygen atoms in total. The minimum atomic E-state index is -4.37. The molecule has 1 saturated carbocycles. The van der Waals surface area contributed by atoms with Crippen molar-refractivity contribution in [2.24, 2.45) is 17.4 Å². The second-order valence-corrected chi connectivity index (χ2v) is 10.2. The Morgan fingerprint density at radius 2 is 2.00 bits per heavy atom. The molecule has 3 rings (SSSR count). The Morgan fingerprint density at radius 1 is 1.29 bits per heavy atom. The average Bonchev–Trinajstić information content (AvgIpc) is 2.65. The summed E-state index contributed by atoms with van der Waals surface area (Å²) in [5.41, 5.74) is 12.5. The van der Waals surface area contributed by atoms with E-state index in [1.807, 2.05) is 11.6 Å². The van der Waals surface area contributed by atoms with E-state index in [-0.39, 0.29) is 34.0 Å². The van der Waals surface area contributed by atoms with Crippen LogP contribution in [0.3, 0.4) is 0 Å². The Balaban J connectivity index is 1.74. The lowest BCUT2D eigenvalue weighted by Gasteiger charge is -2.41. The highest BCUT2D eigenvalue weighted by Gasteiger charge is 2.35. The smallest absolute Gasteiger partial charge is 0.266 e. The Morgan fingerprint density at radius 3 is 2.58 bits per heavy atom. The van der Waals surface area contributed by atoms with Gasteiger partial charge in [0.15, 0.2) is 0 Å². The highest BCUT2D eigenvalue weighted by molar-refractivity contribution is 7.92. The second-order valence-electron chi connectivity index (χ2n) is 8.13. The number of nitrogens with two attached hydrogens (primary N) is 2. The van der Waals surface area contributed by atoms with Gasteiger partial charge in [-0.3, -0.25) is 4.72 Å². The average molecular weight is 474 g/mol. The van der Waals surface area contributed by atoms with E-state index in [1.54, 1.807) is 0 Å². The van der Waals surface area contributed by atoms with Gasteiger partial charge in [0.25, 0.3) is 10.0 Å². The van der Waals surface area contributed by atoms with E-state index in [0.29, 0.717) is 6.54 Å². The SMILES string of the molecule is C[C@@H](N)[C@H](CNc1cc(F)c(S(=O)(=O)Nc2cccc(F)n2)cc1Cl)CC1(N)CCC1. The van der Waals surface area contributed by atoms with Gasteiger partial charge in [-0.25, -0.2) is 17.8 Å². The van der Waals surface area contributed by atoms with Gasteiger partial charge in [-0.1, -0.05) is 17.7 Å². The Hall–Kier alpha value is -2.01. The molecule has 2 atom stereocenters. The molecule has 0 unspecified atom stereocenters. The fourth-order valence-electron chi connectivity index (χ4n) is 3.57. The van der Waals surface area contributed by atoms with Gasteiger partial charge in [0, 0.05) is 18.1 Å². The molecule has 1 aliphatic rings. The maximum atomic E-state index is 14.7. The standard InChI is InChI=1S/C20H26ClF2N5O2S/c1-12(24)13(10-20(25)6-3-7-20)11-26-16-9-15(22)17(8-14(16)21)31(29,30)28-19-5-2-4-18(23)27-19/h2,4-5,8-9,12-13,26H,3,6-7,10-11,24-25H2,1H3,(H,27,28)/t12-,13+/m1/s1. The van der Waals surface area contributed by atoms with Gasteiger partial charge in [-0.2, -0.15) is 4.39 Å². The number of halogens is 3. The molecule has 0 radical (unpaired) electrons. The Labute approximate surface area is 185 Å².